The Morgan fingerprint density at radius 2 is 1.96 bits per heavy atom. The first-order valence-corrected chi connectivity index (χ1v) is 9.02. The zero-order valence-corrected chi connectivity index (χ0v) is 15.3. The summed E-state index contributed by atoms with van der Waals surface area (Å²) in [6.45, 7) is 0.842. The molecule has 0 aliphatic carbocycles. The molecule has 132 valence electrons. The van der Waals surface area contributed by atoms with Gasteiger partial charge in [-0.3, -0.25) is 10.1 Å². The maximum Gasteiger partial charge on any atom is 0.269 e. The van der Waals surface area contributed by atoms with Crippen molar-refractivity contribution in [2.24, 2.45) is 0 Å². The summed E-state index contributed by atoms with van der Waals surface area (Å²) in [5.41, 5.74) is 1.87. The van der Waals surface area contributed by atoms with Gasteiger partial charge in [0.2, 0.25) is 11.7 Å². The van der Waals surface area contributed by atoms with Crippen LogP contribution in [0.3, 0.4) is 0 Å². The molecule has 2 heterocycles. The molecule has 0 N–H and O–H groups in total. The molecule has 1 atom stereocenters. The fourth-order valence-electron chi connectivity index (χ4n) is 3.22. The average Bonchev–Trinajstić information content (AvgIpc) is 3.31. The van der Waals surface area contributed by atoms with Crippen LogP contribution in [0.25, 0.3) is 11.4 Å². The quantitative estimate of drug-likeness (QED) is 0.452. The van der Waals surface area contributed by atoms with Crippen molar-refractivity contribution < 1.29 is 9.45 Å². The number of hydrogen-bond donors (Lipinski definition) is 0. The number of nitro benzene ring substituents is 1. The normalized spacial score (nSPS) is 16.8. The van der Waals surface area contributed by atoms with E-state index in [4.69, 9.17) is 4.52 Å². The van der Waals surface area contributed by atoms with Crippen LogP contribution < -0.4 is 4.90 Å². The smallest absolute Gasteiger partial charge is 0.269 e. The molecule has 1 aromatic heterocycles. The third kappa shape index (κ3) is 3.08. The Balaban J connectivity index is 1.61. The van der Waals surface area contributed by atoms with Crippen molar-refractivity contribution in [2.45, 2.75) is 18.9 Å². The van der Waals surface area contributed by atoms with Crippen LogP contribution in [-0.2, 0) is 0 Å². The van der Waals surface area contributed by atoms with Gasteiger partial charge in [0, 0.05) is 34.4 Å². The Morgan fingerprint density at radius 3 is 2.69 bits per heavy atom. The van der Waals surface area contributed by atoms with E-state index in [1.54, 1.807) is 12.1 Å². The average molecular weight is 415 g/mol. The highest BCUT2D eigenvalue weighted by molar-refractivity contribution is 9.10. The molecule has 1 unspecified atom stereocenters. The second kappa shape index (κ2) is 6.87. The van der Waals surface area contributed by atoms with Gasteiger partial charge in [-0.1, -0.05) is 33.2 Å². The molecule has 7 nitrogen and oxygen atoms in total. The minimum Gasteiger partial charge on any atom is -0.360 e. The van der Waals surface area contributed by atoms with Gasteiger partial charge in [0.25, 0.3) is 5.69 Å². The minimum absolute atomic E-state index is 0.0276. The number of halogens is 1. The monoisotopic (exact) mass is 414 g/mol. The van der Waals surface area contributed by atoms with Gasteiger partial charge >= 0.3 is 0 Å². The van der Waals surface area contributed by atoms with Gasteiger partial charge in [-0.05, 0) is 37.1 Å². The number of aromatic nitrogens is 2. The number of anilines is 1. The topological polar surface area (TPSA) is 85.3 Å². The molecule has 1 aliphatic heterocycles. The molecule has 8 heteroatoms. The van der Waals surface area contributed by atoms with Gasteiger partial charge in [0.05, 0.1) is 4.92 Å². The van der Waals surface area contributed by atoms with E-state index < -0.39 is 4.92 Å². The number of hydrogen-bond acceptors (Lipinski definition) is 6. The second-order valence-corrected chi connectivity index (χ2v) is 6.92. The second-order valence-electron chi connectivity index (χ2n) is 6.06. The third-order valence-electron chi connectivity index (χ3n) is 4.49. The Hall–Kier alpha value is -2.74. The van der Waals surface area contributed by atoms with E-state index in [1.807, 2.05) is 24.3 Å². The summed E-state index contributed by atoms with van der Waals surface area (Å²) in [6, 6.07) is 14.3. The molecular formula is C18H15BrN4O3. The van der Waals surface area contributed by atoms with E-state index in [0.717, 1.165) is 35.1 Å². The zero-order valence-electron chi connectivity index (χ0n) is 13.7. The molecule has 0 bridgehead atoms. The lowest BCUT2D eigenvalue weighted by molar-refractivity contribution is -0.384. The number of rotatable bonds is 4. The van der Waals surface area contributed by atoms with Gasteiger partial charge < -0.3 is 9.42 Å². The fraction of sp³-hybridized carbons (Fsp3) is 0.222. The molecule has 2 aromatic carbocycles. The molecule has 3 aromatic rings. The molecule has 0 radical (unpaired) electrons. The molecule has 0 amide bonds. The van der Waals surface area contributed by atoms with E-state index in [0.29, 0.717) is 11.7 Å². The van der Waals surface area contributed by atoms with Crippen molar-refractivity contribution in [3.8, 4) is 11.4 Å². The summed E-state index contributed by atoms with van der Waals surface area (Å²) in [5.74, 6) is 1.11. The van der Waals surface area contributed by atoms with E-state index in [-0.39, 0.29) is 11.7 Å². The Kier molecular flexibility index (Phi) is 4.42. The lowest BCUT2D eigenvalue weighted by Crippen LogP contribution is -2.22. The summed E-state index contributed by atoms with van der Waals surface area (Å²) in [7, 11) is 0. The standard InChI is InChI=1S/C18H15BrN4O3/c19-15-5-2-1-4-14(15)17-20-18(26-21-17)16-6-3-11-22(16)12-7-9-13(10-8-12)23(24)25/h1-2,4-5,7-10,16H,3,6,11H2. The summed E-state index contributed by atoms with van der Waals surface area (Å²) in [6.07, 6.45) is 1.89. The SMILES string of the molecule is O=[N+]([O-])c1ccc(N2CCCC2c2nc(-c3ccccc3Br)no2)cc1. The van der Waals surface area contributed by atoms with E-state index >= 15 is 0 Å². The van der Waals surface area contributed by atoms with Crippen molar-refractivity contribution >= 4 is 27.3 Å². The van der Waals surface area contributed by atoms with Gasteiger partial charge in [0.15, 0.2) is 0 Å². The van der Waals surface area contributed by atoms with Crippen molar-refractivity contribution in [3.63, 3.8) is 0 Å². The van der Waals surface area contributed by atoms with Crippen molar-refractivity contribution in [1.29, 1.82) is 0 Å². The highest BCUT2D eigenvalue weighted by Gasteiger charge is 2.31. The van der Waals surface area contributed by atoms with Crippen LogP contribution in [0.15, 0.2) is 57.5 Å². The van der Waals surface area contributed by atoms with Crippen LogP contribution in [0.1, 0.15) is 24.8 Å². The minimum atomic E-state index is -0.396. The van der Waals surface area contributed by atoms with Crippen LogP contribution in [0.4, 0.5) is 11.4 Å². The summed E-state index contributed by atoms with van der Waals surface area (Å²) in [4.78, 5) is 17.2. The van der Waals surface area contributed by atoms with Crippen molar-refractivity contribution in [3.05, 3.63) is 69.0 Å². The van der Waals surface area contributed by atoms with Gasteiger partial charge in [-0.15, -0.1) is 0 Å². The first kappa shape index (κ1) is 16.7. The number of nitrogens with zero attached hydrogens (tertiary/aromatic N) is 4. The maximum atomic E-state index is 10.8. The molecule has 1 saturated heterocycles. The maximum absolute atomic E-state index is 10.8. The largest absolute Gasteiger partial charge is 0.360 e. The molecule has 1 fully saturated rings. The lowest BCUT2D eigenvalue weighted by atomic mass is 10.2. The van der Waals surface area contributed by atoms with Crippen molar-refractivity contribution in [2.75, 3.05) is 11.4 Å². The van der Waals surface area contributed by atoms with Gasteiger partial charge in [-0.2, -0.15) is 4.98 Å². The van der Waals surface area contributed by atoms with Crippen LogP contribution in [0, 0.1) is 10.1 Å². The molecule has 4 rings (SSSR count). The predicted octanol–water partition coefficient (Wildman–Crippen LogP) is 4.75. The zero-order chi connectivity index (χ0) is 18.1. The summed E-state index contributed by atoms with van der Waals surface area (Å²) in [5, 5.41) is 15.0. The highest BCUT2D eigenvalue weighted by Crippen LogP contribution is 2.37. The van der Waals surface area contributed by atoms with Crippen molar-refractivity contribution in [1.82, 2.24) is 10.1 Å². The van der Waals surface area contributed by atoms with Crippen LogP contribution in [0.5, 0.6) is 0 Å². The predicted molar refractivity (Wildman–Crippen MR) is 99.9 cm³/mol. The summed E-state index contributed by atoms with van der Waals surface area (Å²) >= 11 is 3.51. The van der Waals surface area contributed by atoms with Gasteiger partial charge in [-0.25, -0.2) is 0 Å². The number of benzene rings is 2. The summed E-state index contributed by atoms with van der Waals surface area (Å²) < 4.78 is 6.45. The molecular weight excluding hydrogens is 400 g/mol. The first-order valence-electron chi connectivity index (χ1n) is 8.23. The Bertz CT molecular complexity index is 942. The van der Waals surface area contributed by atoms with E-state index in [2.05, 4.69) is 31.0 Å². The highest BCUT2D eigenvalue weighted by atomic mass is 79.9. The molecule has 0 spiro atoms. The molecule has 26 heavy (non-hydrogen) atoms. The number of nitro groups is 1. The first-order chi connectivity index (χ1) is 12.6. The molecule has 0 saturated carbocycles. The number of non-ortho nitro benzene ring substituents is 1. The van der Waals surface area contributed by atoms with Crippen LogP contribution >= 0.6 is 15.9 Å². The van der Waals surface area contributed by atoms with Gasteiger partial charge in [0.1, 0.15) is 6.04 Å². The third-order valence-corrected chi connectivity index (χ3v) is 5.18. The Labute approximate surface area is 157 Å². The van der Waals surface area contributed by atoms with E-state index in [1.165, 1.54) is 12.1 Å². The Morgan fingerprint density at radius 1 is 1.19 bits per heavy atom. The van der Waals surface area contributed by atoms with Crippen LogP contribution in [-0.4, -0.2) is 21.6 Å². The lowest BCUT2D eigenvalue weighted by Gasteiger charge is -2.23. The molecule has 1 aliphatic rings. The van der Waals surface area contributed by atoms with Crippen LogP contribution in [0.2, 0.25) is 0 Å². The fourth-order valence-corrected chi connectivity index (χ4v) is 3.68. The van der Waals surface area contributed by atoms with E-state index in [9.17, 15) is 10.1 Å².